The number of hydrogen-bond acceptors (Lipinski definition) is 3. The second kappa shape index (κ2) is 5.62. The summed E-state index contributed by atoms with van der Waals surface area (Å²) in [6.07, 6.45) is 0.481. The first-order chi connectivity index (χ1) is 7.15. The quantitative estimate of drug-likeness (QED) is 0.913. The largest absolute Gasteiger partial charge is 0.497 e. The summed E-state index contributed by atoms with van der Waals surface area (Å²) >= 11 is 3.40. The number of anilines is 1. The van der Waals surface area contributed by atoms with Gasteiger partial charge in [0.25, 0.3) is 0 Å². The van der Waals surface area contributed by atoms with E-state index < -0.39 is 0 Å². The monoisotopic (exact) mass is 268 g/mol. The van der Waals surface area contributed by atoms with Crippen molar-refractivity contribution in [3.05, 3.63) is 22.7 Å². The van der Waals surface area contributed by atoms with Crippen LogP contribution in [0.3, 0.4) is 0 Å². The van der Waals surface area contributed by atoms with Gasteiger partial charge in [0.2, 0.25) is 0 Å². The Morgan fingerprint density at radius 3 is 2.87 bits per heavy atom. The number of nitriles is 1. The number of rotatable bonds is 4. The molecule has 0 aliphatic heterocycles. The number of ether oxygens (including phenoxy) is 1. The summed E-state index contributed by atoms with van der Waals surface area (Å²) in [7, 11) is 1.63. The van der Waals surface area contributed by atoms with Crippen LogP contribution in [0.4, 0.5) is 5.69 Å². The van der Waals surface area contributed by atoms with E-state index in [1.165, 1.54) is 0 Å². The number of nitrogens with one attached hydrogen (secondary N) is 1. The van der Waals surface area contributed by atoms with Crippen LogP contribution in [-0.4, -0.2) is 13.2 Å². The molecule has 0 heterocycles. The van der Waals surface area contributed by atoms with Crippen LogP contribution in [0.1, 0.15) is 13.3 Å². The molecule has 3 nitrogen and oxygen atoms in total. The van der Waals surface area contributed by atoms with Gasteiger partial charge in [-0.2, -0.15) is 5.26 Å². The molecule has 4 heteroatoms. The minimum absolute atomic E-state index is 0.133. The number of hydrogen-bond donors (Lipinski definition) is 1. The molecule has 0 spiro atoms. The maximum absolute atomic E-state index is 8.55. The maximum Gasteiger partial charge on any atom is 0.122 e. The Labute approximate surface area is 98.2 Å². The van der Waals surface area contributed by atoms with Crippen LogP contribution >= 0.6 is 15.9 Å². The molecule has 0 aromatic heterocycles. The Balaban J connectivity index is 2.77. The zero-order chi connectivity index (χ0) is 11.3. The van der Waals surface area contributed by atoms with Gasteiger partial charge in [-0.1, -0.05) is 15.9 Å². The predicted molar refractivity (Wildman–Crippen MR) is 64.0 cm³/mol. The highest BCUT2D eigenvalue weighted by atomic mass is 79.9. The Hall–Kier alpha value is -1.21. The van der Waals surface area contributed by atoms with Crippen molar-refractivity contribution in [2.75, 3.05) is 12.4 Å². The first kappa shape index (κ1) is 11.9. The second-order valence-electron chi connectivity index (χ2n) is 3.29. The highest BCUT2D eigenvalue weighted by molar-refractivity contribution is 9.10. The van der Waals surface area contributed by atoms with Crippen LogP contribution in [0.25, 0.3) is 0 Å². The van der Waals surface area contributed by atoms with E-state index in [0.717, 1.165) is 15.9 Å². The van der Waals surface area contributed by atoms with Crippen LogP contribution in [0.2, 0.25) is 0 Å². The van der Waals surface area contributed by atoms with Gasteiger partial charge in [-0.05, 0) is 19.1 Å². The third-order valence-electron chi connectivity index (χ3n) is 1.92. The molecule has 0 bridgehead atoms. The summed E-state index contributed by atoms with van der Waals surface area (Å²) in [5.41, 5.74) is 0.948. The number of methoxy groups -OCH3 is 1. The molecule has 1 atom stereocenters. The smallest absolute Gasteiger partial charge is 0.122 e. The van der Waals surface area contributed by atoms with Gasteiger partial charge in [-0.25, -0.2) is 0 Å². The average Bonchev–Trinajstić information content (AvgIpc) is 2.17. The van der Waals surface area contributed by atoms with Gasteiger partial charge in [0, 0.05) is 22.3 Å². The van der Waals surface area contributed by atoms with Crippen molar-refractivity contribution in [1.82, 2.24) is 0 Å². The molecule has 0 saturated carbocycles. The number of halogens is 1. The van der Waals surface area contributed by atoms with Gasteiger partial charge in [-0.15, -0.1) is 0 Å². The zero-order valence-electron chi connectivity index (χ0n) is 8.75. The van der Waals surface area contributed by atoms with Gasteiger partial charge in [0.1, 0.15) is 5.75 Å². The van der Waals surface area contributed by atoms with E-state index in [4.69, 9.17) is 10.00 Å². The average molecular weight is 269 g/mol. The summed E-state index contributed by atoms with van der Waals surface area (Å²) in [6, 6.07) is 8.00. The van der Waals surface area contributed by atoms with Crippen LogP contribution in [0.5, 0.6) is 5.75 Å². The summed E-state index contributed by atoms with van der Waals surface area (Å²) in [6.45, 7) is 1.97. The molecule has 0 fully saturated rings. The Bertz CT molecular complexity index is 373. The Morgan fingerprint density at radius 1 is 1.53 bits per heavy atom. The summed E-state index contributed by atoms with van der Waals surface area (Å²) in [5, 5.41) is 11.8. The molecule has 0 aliphatic rings. The lowest BCUT2D eigenvalue weighted by Gasteiger charge is -2.13. The highest BCUT2D eigenvalue weighted by Crippen LogP contribution is 2.25. The lowest BCUT2D eigenvalue weighted by atomic mass is 10.2. The normalized spacial score (nSPS) is 11.6. The number of nitrogens with zero attached hydrogens (tertiary/aromatic N) is 1. The van der Waals surface area contributed by atoms with Crippen molar-refractivity contribution in [1.29, 1.82) is 5.26 Å². The van der Waals surface area contributed by atoms with E-state index >= 15 is 0 Å². The van der Waals surface area contributed by atoms with E-state index in [-0.39, 0.29) is 6.04 Å². The third kappa shape index (κ3) is 3.80. The second-order valence-corrected chi connectivity index (χ2v) is 4.20. The Kier molecular flexibility index (Phi) is 4.44. The van der Waals surface area contributed by atoms with Crippen molar-refractivity contribution in [2.45, 2.75) is 19.4 Å². The molecule has 1 unspecified atom stereocenters. The van der Waals surface area contributed by atoms with Gasteiger partial charge in [-0.3, -0.25) is 0 Å². The van der Waals surface area contributed by atoms with Crippen molar-refractivity contribution < 1.29 is 4.74 Å². The fourth-order valence-electron chi connectivity index (χ4n) is 1.24. The fourth-order valence-corrected chi connectivity index (χ4v) is 1.71. The molecule has 0 saturated heterocycles. The molecule has 0 aliphatic carbocycles. The molecule has 1 N–H and O–H groups in total. The van der Waals surface area contributed by atoms with Gasteiger partial charge in [0.15, 0.2) is 0 Å². The predicted octanol–water partition coefficient (Wildman–Crippen LogP) is 3.17. The molecule has 1 aromatic carbocycles. The van der Waals surface area contributed by atoms with Gasteiger partial charge >= 0.3 is 0 Å². The van der Waals surface area contributed by atoms with Gasteiger partial charge in [0.05, 0.1) is 19.6 Å². The zero-order valence-corrected chi connectivity index (χ0v) is 10.3. The summed E-state index contributed by atoms with van der Waals surface area (Å²) in [5.74, 6) is 0.788. The van der Waals surface area contributed by atoms with E-state index in [2.05, 4.69) is 27.3 Å². The van der Waals surface area contributed by atoms with Crippen molar-refractivity contribution in [3.8, 4) is 11.8 Å². The highest BCUT2D eigenvalue weighted by Gasteiger charge is 2.03. The van der Waals surface area contributed by atoms with E-state index in [1.807, 2.05) is 25.1 Å². The fraction of sp³-hybridized carbons (Fsp3) is 0.364. The van der Waals surface area contributed by atoms with Crippen LogP contribution in [0.15, 0.2) is 22.7 Å². The Morgan fingerprint density at radius 2 is 2.27 bits per heavy atom. The molecule has 80 valence electrons. The molecular weight excluding hydrogens is 256 g/mol. The minimum Gasteiger partial charge on any atom is -0.497 e. The lowest BCUT2D eigenvalue weighted by Crippen LogP contribution is -2.13. The van der Waals surface area contributed by atoms with Crippen LogP contribution in [0, 0.1) is 11.3 Å². The molecule has 0 amide bonds. The van der Waals surface area contributed by atoms with Crippen molar-refractivity contribution >= 4 is 21.6 Å². The first-order valence-corrected chi connectivity index (χ1v) is 5.43. The molecule has 0 radical (unpaired) electrons. The number of benzene rings is 1. The maximum atomic E-state index is 8.55. The first-order valence-electron chi connectivity index (χ1n) is 4.63. The summed E-state index contributed by atoms with van der Waals surface area (Å²) < 4.78 is 6.09. The summed E-state index contributed by atoms with van der Waals surface area (Å²) in [4.78, 5) is 0. The van der Waals surface area contributed by atoms with Crippen LogP contribution in [-0.2, 0) is 0 Å². The van der Waals surface area contributed by atoms with Crippen molar-refractivity contribution in [3.63, 3.8) is 0 Å². The van der Waals surface area contributed by atoms with Gasteiger partial charge < -0.3 is 10.1 Å². The molecular formula is C11H13BrN2O. The lowest BCUT2D eigenvalue weighted by molar-refractivity contribution is 0.414. The SMILES string of the molecule is COc1cc(Br)cc(NC(C)CC#N)c1. The van der Waals surface area contributed by atoms with Crippen molar-refractivity contribution in [2.24, 2.45) is 0 Å². The topological polar surface area (TPSA) is 45.0 Å². The molecule has 15 heavy (non-hydrogen) atoms. The van der Waals surface area contributed by atoms with E-state index in [0.29, 0.717) is 6.42 Å². The molecule has 1 rings (SSSR count). The third-order valence-corrected chi connectivity index (χ3v) is 2.38. The minimum atomic E-state index is 0.133. The van der Waals surface area contributed by atoms with Crippen LogP contribution < -0.4 is 10.1 Å². The molecule has 1 aromatic rings. The standard InChI is InChI=1S/C11H13BrN2O/c1-8(3-4-13)14-10-5-9(12)6-11(7-10)15-2/h5-8,14H,3H2,1-2H3. The van der Waals surface area contributed by atoms with E-state index in [9.17, 15) is 0 Å². The van der Waals surface area contributed by atoms with E-state index in [1.54, 1.807) is 7.11 Å².